The number of ether oxygens (including phenoxy) is 2. The average molecular weight is 624 g/mol. The van der Waals surface area contributed by atoms with Crippen molar-refractivity contribution in [2.75, 3.05) is 27.1 Å². The Balaban J connectivity index is 1.74. The van der Waals surface area contributed by atoms with Crippen LogP contribution in [0, 0.1) is 20.8 Å². The number of rotatable bonds is 12. The third-order valence-corrected chi connectivity index (χ3v) is 10.7. The van der Waals surface area contributed by atoms with Crippen LogP contribution >= 0.6 is 8.60 Å². The van der Waals surface area contributed by atoms with Crippen molar-refractivity contribution >= 4 is 29.4 Å². The van der Waals surface area contributed by atoms with E-state index in [-0.39, 0.29) is 24.8 Å². The van der Waals surface area contributed by atoms with Gasteiger partial charge in [-0.25, -0.2) is 8.42 Å². The summed E-state index contributed by atoms with van der Waals surface area (Å²) in [5.41, 5.74) is 6.31. The molecule has 0 amide bonds. The van der Waals surface area contributed by atoms with Crippen molar-refractivity contribution in [1.82, 2.24) is 4.31 Å². The van der Waals surface area contributed by atoms with Gasteiger partial charge in [-0.2, -0.15) is 4.31 Å². The Morgan fingerprint density at radius 1 is 0.814 bits per heavy atom. The smallest absolute Gasteiger partial charge is 0.397 e. The molecule has 1 aliphatic heterocycles. The molecule has 0 saturated heterocycles. The minimum atomic E-state index is -3.74. The molecule has 0 unspecified atom stereocenters. The molecule has 10 heteroatoms. The maximum atomic E-state index is 13.8. The van der Waals surface area contributed by atoms with Crippen molar-refractivity contribution in [3.8, 4) is 22.6 Å². The summed E-state index contributed by atoms with van der Waals surface area (Å²) in [5, 5.41) is 2.01. The highest BCUT2D eigenvalue weighted by Gasteiger charge is 2.36. The van der Waals surface area contributed by atoms with Crippen LogP contribution in [-0.4, -0.2) is 39.8 Å². The van der Waals surface area contributed by atoms with E-state index < -0.39 is 18.6 Å². The summed E-state index contributed by atoms with van der Waals surface area (Å²) in [5.74, 6) is 1.23. The Hall–Kier alpha value is -3.04. The van der Waals surface area contributed by atoms with Gasteiger partial charge in [0, 0.05) is 31.3 Å². The molecule has 1 heterocycles. The van der Waals surface area contributed by atoms with E-state index in [0.717, 1.165) is 49.7 Å². The maximum absolute atomic E-state index is 13.8. The van der Waals surface area contributed by atoms with Gasteiger partial charge in [-0.3, -0.25) is 0 Å². The molecule has 0 spiro atoms. The van der Waals surface area contributed by atoms with Gasteiger partial charge in [0.2, 0.25) is 10.0 Å². The van der Waals surface area contributed by atoms with E-state index >= 15 is 0 Å². The molecule has 0 atom stereocenters. The van der Waals surface area contributed by atoms with Crippen molar-refractivity contribution in [2.24, 2.45) is 0 Å². The number of hydrogen-bond acceptors (Lipinski definition) is 7. The summed E-state index contributed by atoms with van der Waals surface area (Å²) in [6, 6.07) is 19.0. The Morgan fingerprint density at radius 3 is 2.12 bits per heavy atom. The second-order valence-corrected chi connectivity index (χ2v) is 13.4. The normalized spacial score (nSPS) is 13.6. The summed E-state index contributed by atoms with van der Waals surface area (Å²) in [6.07, 6.45) is 0. The lowest BCUT2D eigenvalue weighted by molar-refractivity contribution is 0.0516. The number of nitrogens with zero attached hydrogens (tertiary/aromatic N) is 1. The van der Waals surface area contributed by atoms with Gasteiger partial charge < -0.3 is 23.0 Å². The number of aryl methyl sites for hydroxylation is 1. The van der Waals surface area contributed by atoms with Gasteiger partial charge in [0.15, 0.2) is 6.79 Å². The highest BCUT2D eigenvalue weighted by atomic mass is 32.2. The van der Waals surface area contributed by atoms with E-state index in [1.54, 1.807) is 19.2 Å². The molecule has 0 saturated carbocycles. The van der Waals surface area contributed by atoms with Crippen LogP contribution in [0.5, 0.6) is 11.5 Å². The Kier molecular flexibility index (Phi) is 9.71. The summed E-state index contributed by atoms with van der Waals surface area (Å²) >= 11 is 0. The zero-order valence-corrected chi connectivity index (χ0v) is 27.2. The predicted octanol–water partition coefficient (Wildman–Crippen LogP) is 7.80. The molecule has 0 radical (unpaired) electrons. The van der Waals surface area contributed by atoms with Gasteiger partial charge in [0.05, 0.1) is 18.1 Å². The van der Waals surface area contributed by atoms with Crippen LogP contribution in [-0.2, 0) is 36.9 Å². The Morgan fingerprint density at radius 2 is 1.47 bits per heavy atom. The van der Waals surface area contributed by atoms with Crippen LogP contribution in [0.1, 0.15) is 41.7 Å². The second kappa shape index (κ2) is 13.3. The highest BCUT2D eigenvalue weighted by Crippen LogP contribution is 2.53. The third-order valence-electron chi connectivity index (χ3n) is 7.65. The second-order valence-electron chi connectivity index (χ2n) is 10.4. The molecule has 0 N–H and O–H groups in total. The van der Waals surface area contributed by atoms with Crippen LogP contribution in [0.2, 0.25) is 0 Å². The lowest BCUT2D eigenvalue weighted by Crippen LogP contribution is -2.25. The number of benzene rings is 4. The van der Waals surface area contributed by atoms with Crippen molar-refractivity contribution < 1.29 is 31.5 Å². The monoisotopic (exact) mass is 623 g/mol. The third kappa shape index (κ3) is 6.16. The summed E-state index contributed by atoms with van der Waals surface area (Å²) < 4.78 is 58.9. The first-order chi connectivity index (χ1) is 20.7. The van der Waals surface area contributed by atoms with Gasteiger partial charge in [0.25, 0.3) is 0 Å². The molecule has 0 bridgehead atoms. The van der Waals surface area contributed by atoms with Crippen LogP contribution in [0.25, 0.3) is 21.9 Å². The fourth-order valence-corrected chi connectivity index (χ4v) is 7.86. The lowest BCUT2D eigenvalue weighted by Gasteiger charge is -2.25. The molecular formula is C33H38NO7PS. The van der Waals surface area contributed by atoms with Crippen LogP contribution in [0.3, 0.4) is 0 Å². The topological polar surface area (TPSA) is 83.5 Å². The van der Waals surface area contributed by atoms with Crippen LogP contribution < -0.4 is 9.26 Å². The molecule has 0 aromatic heterocycles. The minimum Gasteiger partial charge on any atom is -0.467 e. The van der Waals surface area contributed by atoms with Crippen molar-refractivity contribution in [1.29, 1.82) is 0 Å². The van der Waals surface area contributed by atoms with Gasteiger partial charge >= 0.3 is 8.60 Å². The Bertz CT molecular complexity index is 1720. The van der Waals surface area contributed by atoms with Gasteiger partial charge in [-0.05, 0) is 85.8 Å². The fraction of sp³-hybridized carbons (Fsp3) is 0.333. The summed E-state index contributed by atoms with van der Waals surface area (Å²) in [7, 11) is -3.87. The van der Waals surface area contributed by atoms with E-state index in [2.05, 4.69) is 12.1 Å². The molecule has 0 aliphatic carbocycles. The predicted molar refractivity (Wildman–Crippen MR) is 170 cm³/mol. The quantitative estimate of drug-likeness (QED) is 0.118. The highest BCUT2D eigenvalue weighted by molar-refractivity contribution is 7.89. The molecule has 1 aliphatic rings. The molecule has 4 aromatic rings. The SMILES string of the molecule is CCOP(OCC)Oc1c(C)c2c(c(C)c1-c1c(OCOC)ccc3ccccc13)CN(S(=O)(=O)c1ccc(C)cc1)C2. The number of sulfonamides is 1. The zero-order chi connectivity index (χ0) is 30.7. The average Bonchev–Trinajstić information content (AvgIpc) is 3.47. The molecule has 8 nitrogen and oxygen atoms in total. The van der Waals surface area contributed by atoms with Crippen molar-refractivity contribution in [2.45, 2.75) is 52.6 Å². The maximum Gasteiger partial charge on any atom is 0.397 e. The fourth-order valence-electron chi connectivity index (χ4n) is 5.51. The minimum absolute atomic E-state index is 0.0671. The van der Waals surface area contributed by atoms with E-state index in [1.807, 2.05) is 71.0 Å². The van der Waals surface area contributed by atoms with E-state index in [4.69, 9.17) is 23.0 Å². The van der Waals surface area contributed by atoms with Gasteiger partial charge in [-0.1, -0.05) is 48.0 Å². The van der Waals surface area contributed by atoms with E-state index in [0.29, 0.717) is 24.7 Å². The van der Waals surface area contributed by atoms with Crippen LogP contribution in [0.15, 0.2) is 65.6 Å². The lowest BCUT2D eigenvalue weighted by atomic mass is 9.87. The molecule has 4 aromatic carbocycles. The molecule has 5 rings (SSSR count). The first kappa shape index (κ1) is 31.4. The largest absolute Gasteiger partial charge is 0.467 e. The van der Waals surface area contributed by atoms with Crippen molar-refractivity contribution in [3.63, 3.8) is 0 Å². The van der Waals surface area contributed by atoms with Crippen LogP contribution in [0.4, 0.5) is 0 Å². The molecule has 228 valence electrons. The standard InChI is InChI=1S/C33H38NO7PS/c1-7-39-42(40-8-2)41-33-24(5)29-20-34(43(35,36)26-16-13-22(3)14-17-26)19-28(29)23(4)31(33)32-27-12-10-9-11-25(27)15-18-30(32)38-21-37-6/h9-18H,7-8,19-21H2,1-6H3. The van der Waals surface area contributed by atoms with Crippen molar-refractivity contribution in [3.05, 3.63) is 88.5 Å². The number of methoxy groups -OCH3 is 1. The number of fused-ring (bicyclic) bond motifs is 2. The zero-order valence-electron chi connectivity index (χ0n) is 25.5. The molecule has 0 fully saturated rings. The van der Waals surface area contributed by atoms with E-state index in [1.165, 1.54) is 4.31 Å². The number of hydrogen-bond donors (Lipinski definition) is 0. The van der Waals surface area contributed by atoms with Gasteiger partial charge in [-0.15, -0.1) is 0 Å². The summed E-state index contributed by atoms with van der Waals surface area (Å²) in [4.78, 5) is 0.276. The molecule has 43 heavy (non-hydrogen) atoms. The van der Waals surface area contributed by atoms with E-state index in [9.17, 15) is 8.42 Å². The summed E-state index contributed by atoms with van der Waals surface area (Å²) in [6.45, 7) is 11.1. The van der Waals surface area contributed by atoms with Gasteiger partial charge in [0.1, 0.15) is 11.5 Å². The Labute approximate surface area is 255 Å². The first-order valence-electron chi connectivity index (χ1n) is 14.3. The molecular weight excluding hydrogens is 585 g/mol. The first-order valence-corrected chi connectivity index (χ1v) is 16.8.